The fraction of sp³-hybridized carbons (Fsp3) is 0. The van der Waals surface area contributed by atoms with E-state index in [1.54, 1.807) is 6.07 Å². The van der Waals surface area contributed by atoms with Crippen LogP contribution in [-0.2, 0) is 0 Å². The Morgan fingerprint density at radius 1 is 1.11 bits per heavy atom. The zero-order chi connectivity index (χ0) is 13.0. The summed E-state index contributed by atoms with van der Waals surface area (Å²) in [4.78, 5) is 10.4. The first kappa shape index (κ1) is 12.1. The van der Waals surface area contributed by atoms with Crippen LogP contribution in [0.5, 0.6) is 5.75 Å². The van der Waals surface area contributed by atoms with Crippen LogP contribution in [0.1, 0.15) is 0 Å². The molecule has 0 aliphatic rings. The maximum absolute atomic E-state index is 10.9. The summed E-state index contributed by atoms with van der Waals surface area (Å²) in [6.45, 7) is 0. The molecule has 0 atom stereocenters. The van der Waals surface area contributed by atoms with Crippen molar-refractivity contribution in [1.29, 1.82) is 0 Å². The van der Waals surface area contributed by atoms with Crippen molar-refractivity contribution in [3.8, 4) is 16.9 Å². The van der Waals surface area contributed by atoms with E-state index in [9.17, 15) is 10.1 Å². The summed E-state index contributed by atoms with van der Waals surface area (Å²) in [6, 6.07) is 13.9. The minimum absolute atomic E-state index is 0.00202. The molecule has 0 fully saturated rings. The Kier molecular flexibility index (Phi) is 3.59. The summed E-state index contributed by atoms with van der Waals surface area (Å²) in [6.07, 6.45) is 0. The normalized spacial score (nSPS) is 9.83. The van der Waals surface area contributed by atoms with E-state index < -0.39 is 4.92 Å². The Labute approximate surface area is 104 Å². The molecule has 6 heteroatoms. The first-order valence-corrected chi connectivity index (χ1v) is 5.19. The maximum Gasteiger partial charge on any atom is 0.569 e. The van der Waals surface area contributed by atoms with Gasteiger partial charge in [-0.3, -0.25) is 10.1 Å². The summed E-state index contributed by atoms with van der Waals surface area (Å²) in [5.41, 5.74) is 1.40. The summed E-state index contributed by atoms with van der Waals surface area (Å²) in [7, 11) is 0.421. The third-order valence-corrected chi connectivity index (χ3v) is 2.44. The molecule has 1 N–H and O–H groups in total. The zero-order valence-electron chi connectivity index (χ0n) is 9.32. The lowest BCUT2D eigenvalue weighted by Crippen LogP contribution is -2.02. The van der Waals surface area contributed by atoms with Crippen molar-refractivity contribution in [2.45, 2.75) is 0 Å². The van der Waals surface area contributed by atoms with Crippen molar-refractivity contribution in [3.63, 3.8) is 0 Å². The molecular formula is C12H9BNO4. The van der Waals surface area contributed by atoms with Crippen LogP contribution in [0.25, 0.3) is 11.1 Å². The topological polar surface area (TPSA) is 72.6 Å². The van der Waals surface area contributed by atoms with Gasteiger partial charge in [0.2, 0.25) is 0 Å². The quantitative estimate of drug-likeness (QED) is 0.506. The average molecular weight is 242 g/mol. The molecule has 1 radical (unpaired) electrons. The first-order chi connectivity index (χ1) is 8.72. The Bertz CT molecular complexity index is 559. The number of rotatable bonds is 4. The van der Waals surface area contributed by atoms with E-state index in [0.717, 1.165) is 5.56 Å². The van der Waals surface area contributed by atoms with Gasteiger partial charge < -0.3 is 9.68 Å². The third kappa shape index (κ3) is 2.49. The molecule has 0 saturated carbocycles. The molecule has 2 aromatic rings. The summed E-state index contributed by atoms with van der Waals surface area (Å²) in [5.74, 6) is 0.00202. The van der Waals surface area contributed by atoms with E-state index >= 15 is 0 Å². The van der Waals surface area contributed by atoms with Gasteiger partial charge >= 0.3 is 13.4 Å². The molecule has 18 heavy (non-hydrogen) atoms. The molecule has 89 valence electrons. The predicted molar refractivity (Wildman–Crippen MR) is 67.1 cm³/mol. The highest BCUT2D eigenvalue weighted by molar-refractivity contribution is 6.17. The Hall–Kier alpha value is -2.34. The lowest BCUT2D eigenvalue weighted by atomic mass is 10.0. The molecular weight excluding hydrogens is 233 g/mol. The summed E-state index contributed by atoms with van der Waals surface area (Å²) < 4.78 is 4.68. The molecule has 0 unspecified atom stereocenters. The van der Waals surface area contributed by atoms with Crippen molar-refractivity contribution in [2.75, 3.05) is 0 Å². The van der Waals surface area contributed by atoms with Gasteiger partial charge in [-0.25, -0.2) is 0 Å². The van der Waals surface area contributed by atoms with Crippen molar-refractivity contribution < 1.29 is 14.6 Å². The van der Waals surface area contributed by atoms with Gasteiger partial charge in [0.25, 0.3) is 0 Å². The molecule has 0 bridgehead atoms. The van der Waals surface area contributed by atoms with Gasteiger partial charge in [-0.1, -0.05) is 36.4 Å². The largest absolute Gasteiger partial charge is 0.569 e. The second-order valence-electron chi connectivity index (χ2n) is 3.53. The fourth-order valence-corrected chi connectivity index (χ4v) is 1.63. The summed E-state index contributed by atoms with van der Waals surface area (Å²) >= 11 is 0. The van der Waals surface area contributed by atoms with Crippen LogP contribution in [0.2, 0.25) is 0 Å². The van der Waals surface area contributed by atoms with E-state index in [1.807, 2.05) is 30.3 Å². The number of hydrogen-bond donors (Lipinski definition) is 1. The first-order valence-electron chi connectivity index (χ1n) is 5.19. The highest BCUT2D eigenvalue weighted by atomic mass is 16.6. The van der Waals surface area contributed by atoms with E-state index in [0.29, 0.717) is 13.2 Å². The molecule has 0 amide bonds. The average Bonchev–Trinajstić information content (AvgIpc) is 2.40. The number of nitrogens with zero attached hydrogens (tertiary/aromatic N) is 1. The lowest BCUT2D eigenvalue weighted by Gasteiger charge is -2.06. The van der Waals surface area contributed by atoms with Crippen molar-refractivity contribution in [3.05, 3.63) is 58.6 Å². The zero-order valence-corrected chi connectivity index (χ0v) is 9.32. The van der Waals surface area contributed by atoms with Crippen LogP contribution in [0.15, 0.2) is 48.5 Å². The van der Waals surface area contributed by atoms with Gasteiger partial charge in [0.15, 0.2) is 5.75 Å². The van der Waals surface area contributed by atoms with E-state index in [-0.39, 0.29) is 11.4 Å². The van der Waals surface area contributed by atoms with Crippen LogP contribution in [0.4, 0.5) is 5.69 Å². The van der Waals surface area contributed by atoms with Crippen LogP contribution >= 0.6 is 0 Å². The third-order valence-electron chi connectivity index (χ3n) is 2.44. The molecule has 0 saturated heterocycles. The number of hydrogen-bond acceptors (Lipinski definition) is 4. The Morgan fingerprint density at radius 2 is 1.83 bits per heavy atom. The molecule has 2 aromatic carbocycles. The van der Waals surface area contributed by atoms with Crippen LogP contribution < -0.4 is 4.65 Å². The molecule has 0 aliphatic carbocycles. The van der Waals surface area contributed by atoms with E-state index in [4.69, 9.17) is 5.02 Å². The van der Waals surface area contributed by atoms with Gasteiger partial charge in [0.05, 0.1) is 4.92 Å². The molecule has 0 aliphatic heterocycles. The second-order valence-corrected chi connectivity index (χ2v) is 3.53. The number of benzene rings is 2. The van der Waals surface area contributed by atoms with Crippen LogP contribution in [-0.4, -0.2) is 17.6 Å². The van der Waals surface area contributed by atoms with Crippen LogP contribution in [0, 0.1) is 10.1 Å². The Morgan fingerprint density at radius 3 is 2.44 bits per heavy atom. The number of nitro benzene ring substituents is 1. The SMILES string of the molecule is O=[N+]([O-])c1cc(-c2ccccc2)ccc1O[B]O. The van der Waals surface area contributed by atoms with E-state index in [1.165, 1.54) is 12.1 Å². The standard InChI is InChI=1S/C12H9BNO4/c15-13-18-12-7-6-10(8-11(12)14(16)17)9-4-2-1-3-5-9/h1-8,15H. The molecule has 0 spiro atoms. The van der Waals surface area contributed by atoms with Crippen LogP contribution in [0.3, 0.4) is 0 Å². The second kappa shape index (κ2) is 5.33. The van der Waals surface area contributed by atoms with Crippen molar-refractivity contribution in [2.24, 2.45) is 0 Å². The van der Waals surface area contributed by atoms with Gasteiger partial charge in [-0.05, 0) is 17.2 Å². The molecule has 0 aromatic heterocycles. The maximum atomic E-state index is 10.9. The minimum Gasteiger partial charge on any atom is -0.533 e. The van der Waals surface area contributed by atoms with Crippen molar-refractivity contribution in [1.82, 2.24) is 0 Å². The van der Waals surface area contributed by atoms with Crippen molar-refractivity contribution >= 4 is 13.4 Å². The lowest BCUT2D eigenvalue weighted by molar-refractivity contribution is -0.385. The smallest absolute Gasteiger partial charge is 0.533 e. The van der Waals surface area contributed by atoms with Gasteiger partial charge in [-0.15, -0.1) is 0 Å². The number of nitro groups is 1. The Balaban J connectivity index is 2.46. The van der Waals surface area contributed by atoms with Gasteiger partial charge in [0.1, 0.15) is 0 Å². The molecule has 5 nitrogen and oxygen atoms in total. The predicted octanol–water partition coefficient (Wildman–Crippen LogP) is 2.17. The highest BCUT2D eigenvalue weighted by Crippen LogP contribution is 2.31. The van der Waals surface area contributed by atoms with E-state index in [2.05, 4.69) is 4.65 Å². The highest BCUT2D eigenvalue weighted by Gasteiger charge is 2.16. The fourth-order valence-electron chi connectivity index (χ4n) is 1.63. The monoisotopic (exact) mass is 242 g/mol. The minimum atomic E-state index is -0.550. The van der Waals surface area contributed by atoms with Gasteiger partial charge in [-0.2, -0.15) is 0 Å². The summed E-state index contributed by atoms with van der Waals surface area (Å²) in [5, 5.41) is 19.5. The van der Waals surface area contributed by atoms with Gasteiger partial charge in [0, 0.05) is 6.07 Å². The molecule has 2 rings (SSSR count). The molecule has 0 heterocycles.